The fourth-order valence-corrected chi connectivity index (χ4v) is 3.69. The molecule has 1 aromatic carbocycles. The van der Waals surface area contributed by atoms with Gasteiger partial charge in [0.1, 0.15) is 6.10 Å². The summed E-state index contributed by atoms with van der Waals surface area (Å²) in [5.41, 5.74) is 4.11. The Morgan fingerprint density at radius 1 is 1.40 bits per heavy atom. The molecular formula is C17H21NOS. The van der Waals surface area contributed by atoms with Gasteiger partial charge in [0.25, 0.3) is 0 Å². The summed E-state index contributed by atoms with van der Waals surface area (Å²) in [7, 11) is 0. The molecule has 3 rings (SSSR count). The number of nitrogens with one attached hydrogen (secondary N) is 1. The number of aryl methyl sites for hydroxylation is 1. The zero-order valence-corrected chi connectivity index (χ0v) is 12.9. The van der Waals surface area contributed by atoms with Gasteiger partial charge in [0, 0.05) is 4.88 Å². The Balaban J connectivity index is 1.96. The molecule has 2 unspecified atom stereocenters. The molecule has 1 N–H and O–H groups in total. The second-order valence-electron chi connectivity index (χ2n) is 5.27. The molecule has 2 aromatic rings. The van der Waals surface area contributed by atoms with Gasteiger partial charge in [-0.25, -0.2) is 0 Å². The van der Waals surface area contributed by atoms with E-state index in [1.165, 1.54) is 21.6 Å². The lowest BCUT2D eigenvalue weighted by Gasteiger charge is -2.32. The molecule has 1 aliphatic heterocycles. The maximum Gasteiger partial charge on any atom is 0.102 e. The molecule has 2 nitrogen and oxygen atoms in total. The van der Waals surface area contributed by atoms with Gasteiger partial charge in [0.05, 0.1) is 12.6 Å². The van der Waals surface area contributed by atoms with E-state index in [0.29, 0.717) is 0 Å². The van der Waals surface area contributed by atoms with Crippen LogP contribution in [0.15, 0.2) is 35.7 Å². The summed E-state index contributed by atoms with van der Waals surface area (Å²) >= 11 is 1.81. The van der Waals surface area contributed by atoms with Crippen molar-refractivity contribution in [3.05, 3.63) is 57.3 Å². The third-order valence-corrected chi connectivity index (χ3v) is 4.75. The van der Waals surface area contributed by atoms with E-state index in [4.69, 9.17) is 4.74 Å². The molecule has 0 fully saturated rings. The minimum Gasteiger partial charge on any atom is -0.371 e. The van der Waals surface area contributed by atoms with E-state index >= 15 is 0 Å². The zero-order valence-electron chi connectivity index (χ0n) is 12.1. The highest BCUT2D eigenvalue weighted by Crippen LogP contribution is 2.38. The van der Waals surface area contributed by atoms with Crippen molar-refractivity contribution in [2.45, 2.75) is 32.4 Å². The van der Waals surface area contributed by atoms with Gasteiger partial charge in [0.15, 0.2) is 0 Å². The molecule has 3 heteroatoms. The maximum absolute atomic E-state index is 6.12. The van der Waals surface area contributed by atoms with E-state index in [1.807, 2.05) is 11.3 Å². The molecule has 1 aliphatic rings. The first-order valence-corrected chi connectivity index (χ1v) is 8.15. The topological polar surface area (TPSA) is 21.3 Å². The minimum absolute atomic E-state index is 0.119. The van der Waals surface area contributed by atoms with Crippen LogP contribution in [0.25, 0.3) is 0 Å². The SMILES string of the molecule is CCNC(c1csc(C)c1)C1OCCc2ccccc21. The quantitative estimate of drug-likeness (QED) is 0.917. The van der Waals surface area contributed by atoms with Gasteiger partial charge in [-0.2, -0.15) is 0 Å². The number of ether oxygens (including phenoxy) is 1. The third kappa shape index (κ3) is 2.66. The van der Waals surface area contributed by atoms with Crippen molar-refractivity contribution in [2.75, 3.05) is 13.2 Å². The van der Waals surface area contributed by atoms with Crippen LogP contribution in [0.5, 0.6) is 0 Å². The Bertz CT molecular complexity index is 578. The van der Waals surface area contributed by atoms with Crippen LogP contribution < -0.4 is 5.32 Å². The molecule has 0 saturated heterocycles. The normalized spacial score (nSPS) is 19.6. The van der Waals surface area contributed by atoms with Crippen LogP contribution in [0.3, 0.4) is 0 Å². The number of likely N-dealkylation sites (N-methyl/N-ethyl adjacent to an activating group) is 1. The Morgan fingerprint density at radius 3 is 3.00 bits per heavy atom. The number of hydrogen-bond donors (Lipinski definition) is 1. The van der Waals surface area contributed by atoms with Gasteiger partial charge < -0.3 is 10.1 Å². The molecule has 0 saturated carbocycles. The molecule has 0 bridgehead atoms. The number of fused-ring (bicyclic) bond motifs is 1. The van der Waals surface area contributed by atoms with Crippen LogP contribution in [-0.2, 0) is 11.2 Å². The van der Waals surface area contributed by atoms with Crippen molar-refractivity contribution in [2.24, 2.45) is 0 Å². The molecule has 2 atom stereocenters. The largest absolute Gasteiger partial charge is 0.371 e. The van der Waals surface area contributed by atoms with Gasteiger partial charge in [-0.3, -0.25) is 0 Å². The van der Waals surface area contributed by atoms with Gasteiger partial charge in [-0.05, 0) is 48.0 Å². The molecule has 0 amide bonds. The van der Waals surface area contributed by atoms with E-state index in [1.54, 1.807) is 0 Å². The zero-order chi connectivity index (χ0) is 13.9. The van der Waals surface area contributed by atoms with Crippen LogP contribution in [-0.4, -0.2) is 13.2 Å². The van der Waals surface area contributed by atoms with E-state index in [2.05, 4.69) is 54.9 Å². The lowest BCUT2D eigenvalue weighted by Crippen LogP contribution is -2.31. The predicted molar refractivity (Wildman–Crippen MR) is 84.3 cm³/mol. The molecule has 2 heterocycles. The van der Waals surface area contributed by atoms with E-state index in [9.17, 15) is 0 Å². The number of benzene rings is 1. The molecule has 0 radical (unpaired) electrons. The Labute approximate surface area is 124 Å². The van der Waals surface area contributed by atoms with Crippen LogP contribution in [0, 0.1) is 6.92 Å². The summed E-state index contributed by atoms with van der Waals surface area (Å²) in [6, 6.07) is 11.2. The van der Waals surface area contributed by atoms with Crippen molar-refractivity contribution in [3.8, 4) is 0 Å². The van der Waals surface area contributed by atoms with Crippen LogP contribution in [0.1, 0.15) is 40.6 Å². The van der Waals surface area contributed by atoms with Crippen molar-refractivity contribution in [1.29, 1.82) is 0 Å². The highest BCUT2D eigenvalue weighted by Gasteiger charge is 2.29. The lowest BCUT2D eigenvalue weighted by atomic mass is 9.90. The fourth-order valence-electron chi connectivity index (χ4n) is 2.95. The maximum atomic E-state index is 6.12. The Kier molecular flexibility index (Phi) is 4.20. The van der Waals surface area contributed by atoms with Gasteiger partial charge in [-0.15, -0.1) is 11.3 Å². The lowest BCUT2D eigenvalue weighted by molar-refractivity contribution is 0.0152. The molecule has 106 valence electrons. The molecular weight excluding hydrogens is 266 g/mol. The van der Waals surface area contributed by atoms with Crippen molar-refractivity contribution < 1.29 is 4.74 Å². The van der Waals surface area contributed by atoms with Crippen molar-refractivity contribution in [3.63, 3.8) is 0 Å². The molecule has 20 heavy (non-hydrogen) atoms. The van der Waals surface area contributed by atoms with Crippen LogP contribution >= 0.6 is 11.3 Å². The summed E-state index contributed by atoms with van der Waals surface area (Å²) in [4.78, 5) is 1.35. The molecule has 0 spiro atoms. The Morgan fingerprint density at radius 2 is 2.25 bits per heavy atom. The van der Waals surface area contributed by atoms with Crippen LogP contribution in [0.4, 0.5) is 0 Å². The predicted octanol–water partition coefficient (Wildman–Crippen LogP) is 4.02. The first kappa shape index (κ1) is 13.8. The Hall–Kier alpha value is -1.16. The standard InChI is InChI=1S/C17H21NOS/c1-3-18-16(14-10-12(2)20-11-14)17-15-7-5-4-6-13(15)8-9-19-17/h4-7,10-11,16-18H,3,8-9H2,1-2H3. The van der Waals surface area contributed by atoms with Gasteiger partial charge in [0.2, 0.25) is 0 Å². The highest BCUT2D eigenvalue weighted by molar-refractivity contribution is 7.10. The van der Waals surface area contributed by atoms with E-state index in [-0.39, 0.29) is 12.1 Å². The van der Waals surface area contributed by atoms with Crippen molar-refractivity contribution in [1.82, 2.24) is 5.32 Å². The number of hydrogen-bond acceptors (Lipinski definition) is 3. The fraction of sp³-hybridized carbons (Fsp3) is 0.412. The van der Waals surface area contributed by atoms with E-state index < -0.39 is 0 Å². The number of rotatable bonds is 4. The summed E-state index contributed by atoms with van der Waals surface area (Å²) in [5, 5.41) is 5.86. The van der Waals surface area contributed by atoms with Crippen molar-refractivity contribution >= 4 is 11.3 Å². The first-order valence-electron chi connectivity index (χ1n) is 7.27. The molecule has 0 aliphatic carbocycles. The monoisotopic (exact) mass is 287 g/mol. The van der Waals surface area contributed by atoms with E-state index in [0.717, 1.165) is 19.6 Å². The first-order chi connectivity index (χ1) is 9.79. The molecule has 1 aromatic heterocycles. The summed E-state index contributed by atoms with van der Waals surface area (Å²) in [6.45, 7) is 6.07. The second-order valence-corrected chi connectivity index (χ2v) is 6.38. The number of thiophene rings is 1. The summed E-state index contributed by atoms with van der Waals surface area (Å²) in [6.07, 6.45) is 1.14. The summed E-state index contributed by atoms with van der Waals surface area (Å²) < 4.78 is 6.12. The van der Waals surface area contributed by atoms with Gasteiger partial charge in [-0.1, -0.05) is 31.2 Å². The van der Waals surface area contributed by atoms with Crippen LogP contribution in [0.2, 0.25) is 0 Å². The second kappa shape index (κ2) is 6.08. The minimum atomic E-state index is 0.119. The average molecular weight is 287 g/mol. The van der Waals surface area contributed by atoms with Gasteiger partial charge >= 0.3 is 0 Å². The highest BCUT2D eigenvalue weighted by atomic mass is 32.1. The third-order valence-electron chi connectivity index (χ3n) is 3.87. The summed E-state index contributed by atoms with van der Waals surface area (Å²) in [5.74, 6) is 0. The average Bonchev–Trinajstić information content (AvgIpc) is 2.91. The smallest absolute Gasteiger partial charge is 0.102 e.